The van der Waals surface area contributed by atoms with E-state index in [4.69, 9.17) is 4.74 Å². The minimum atomic E-state index is -1.79. The summed E-state index contributed by atoms with van der Waals surface area (Å²) in [5.74, 6) is -0.669. The molecule has 5 N–H and O–H groups in total. The maximum Gasteiger partial charge on any atom is 0.349 e. The molecule has 1 saturated carbocycles. The number of ether oxygens (including phenoxy) is 1. The van der Waals surface area contributed by atoms with Gasteiger partial charge in [-0.25, -0.2) is 4.79 Å². The van der Waals surface area contributed by atoms with Crippen LogP contribution in [0.2, 0.25) is 0 Å². The van der Waals surface area contributed by atoms with Gasteiger partial charge in [0.2, 0.25) is 11.2 Å². The maximum atomic E-state index is 13.4. The summed E-state index contributed by atoms with van der Waals surface area (Å²) in [6.45, 7) is 2.17. The van der Waals surface area contributed by atoms with Crippen molar-refractivity contribution < 1.29 is 24.9 Å². The van der Waals surface area contributed by atoms with Crippen molar-refractivity contribution in [2.45, 2.75) is 69.0 Å². The minimum absolute atomic E-state index is 0.00724. The van der Waals surface area contributed by atoms with Gasteiger partial charge >= 0.3 is 10.8 Å². The normalized spacial score (nSPS) is 17.1. The average Bonchev–Trinajstić information content (AvgIpc) is 3.95. The molecule has 1 aliphatic carbocycles. The van der Waals surface area contributed by atoms with Crippen LogP contribution in [0.25, 0.3) is 21.1 Å². The highest BCUT2D eigenvalue weighted by Gasteiger charge is 2.45. The number of benzene rings is 2. The SMILES string of the molecule is CN(CCCn1c(=O)sc2cc(CNC[C@@H](O)c3ccc(O)c4[nH]c(=O)ccc34)ccc21)C1CCC(OC(=O)C(O)(c2cccs2)c2cccs2)CC1. The zero-order chi connectivity index (χ0) is 37.1. The lowest BCUT2D eigenvalue weighted by Gasteiger charge is -2.35. The largest absolute Gasteiger partial charge is 0.506 e. The van der Waals surface area contributed by atoms with Gasteiger partial charge in [0.05, 0.1) is 31.6 Å². The molecule has 0 aliphatic heterocycles. The van der Waals surface area contributed by atoms with Gasteiger partial charge in [0.15, 0.2) is 0 Å². The molecule has 278 valence electrons. The lowest BCUT2D eigenvalue weighted by Crippen LogP contribution is -2.42. The Balaban J connectivity index is 0.881. The van der Waals surface area contributed by atoms with Gasteiger partial charge < -0.3 is 35.3 Å². The fraction of sp³-hybridized carbons (Fsp3) is 0.359. The Labute approximate surface area is 317 Å². The van der Waals surface area contributed by atoms with Crippen LogP contribution < -0.4 is 15.7 Å². The van der Waals surface area contributed by atoms with Crippen molar-refractivity contribution in [3.8, 4) is 5.75 Å². The number of hydrogen-bond donors (Lipinski definition) is 5. The fourth-order valence-electron chi connectivity index (χ4n) is 7.24. The van der Waals surface area contributed by atoms with E-state index in [-0.39, 0.29) is 28.8 Å². The van der Waals surface area contributed by atoms with Gasteiger partial charge in [0.1, 0.15) is 11.9 Å². The predicted molar refractivity (Wildman–Crippen MR) is 210 cm³/mol. The monoisotopic (exact) mass is 774 g/mol. The van der Waals surface area contributed by atoms with Crippen LogP contribution in [0.3, 0.4) is 0 Å². The van der Waals surface area contributed by atoms with E-state index in [0.717, 1.165) is 54.4 Å². The molecule has 4 aromatic heterocycles. The van der Waals surface area contributed by atoms with Crippen molar-refractivity contribution in [1.82, 2.24) is 19.8 Å². The molecule has 2 aromatic carbocycles. The van der Waals surface area contributed by atoms with Crippen molar-refractivity contribution in [3.05, 3.63) is 118 Å². The number of carbonyl (C=O) groups is 1. The molecule has 0 bridgehead atoms. The molecule has 4 heterocycles. The molecule has 0 spiro atoms. The van der Waals surface area contributed by atoms with Gasteiger partial charge in [0, 0.05) is 37.1 Å². The van der Waals surface area contributed by atoms with Crippen molar-refractivity contribution in [1.29, 1.82) is 0 Å². The molecule has 1 aliphatic rings. The molecule has 7 rings (SSSR count). The van der Waals surface area contributed by atoms with Crippen LogP contribution in [0.4, 0.5) is 0 Å². The first-order chi connectivity index (χ1) is 25.6. The number of aromatic amines is 1. The summed E-state index contributed by atoms with van der Waals surface area (Å²) in [7, 11) is 2.11. The molecule has 1 fully saturated rings. The third-order valence-corrected chi connectivity index (χ3v) is 13.0. The summed E-state index contributed by atoms with van der Waals surface area (Å²) in [5.41, 5.74) is 0.663. The Morgan fingerprint density at radius 3 is 2.47 bits per heavy atom. The number of thiophene rings is 2. The third-order valence-electron chi connectivity index (χ3n) is 10.1. The number of aliphatic hydroxyl groups excluding tert-OH is 1. The van der Waals surface area contributed by atoms with E-state index in [1.165, 1.54) is 46.1 Å². The van der Waals surface area contributed by atoms with Crippen LogP contribution in [-0.2, 0) is 28.2 Å². The number of nitrogens with zero attached hydrogens (tertiary/aromatic N) is 2. The summed E-state index contributed by atoms with van der Waals surface area (Å²) in [6, 6.07) is 19.6. The lowest BCUT2D eigenvalue weighted by molar-refractivity contribution is -0.169. The molecule has 0 unspecified atom stereocenters. The van der Waals surface area contributed by atoms with Crippen LogP contribution in [-0.4, -0.2) is 68.0 Å². The Morgan fingerprint density at radius 1 is 1.04 bits per heavy atom. The number of aromatic hydroxyl groups is 1. The highest BCUT2D eigenvalue weighted by Crippen LogP contribution is 2.38. The van der Waals surface area contributed by atoms with E-state index in [1.807, 2.05) is 45.7 Å². The number of rotatable bonds is 14. The van der Waals surface area contributed by atoms with Crippen LogP contribution in [0.5, 0.6) is 5.75 Å². The van der Waals surface area contributed by atoms with E-state index in [1.54, 1.807) is 24.3 Å². The first-order valence-electron chi connectivity index (χ1n) is 17.7. The minimum Gasteiger partial charge on any atom is -0.506 e. The highest BCUT2D eigenvalue weighted by atomic mass is 32.1. The number of fused-ring (bicyclic) bond motifs is 2. The fourth-order valence-corrected chi connectivity index (χ4v) is 9.93. The van der Waals surface area contributed by atoms with E-state index < -0.39 is 17.7 Å². The number of aryl methyl sites for hydroxylation is 1. The Morgan fingerprint density at radius 2 is 1.77 bits per heavy atom. The number of phenolic OH excluding ortho intramolecular Hbond substituents is 1. The number of hydrogen-bond acceptors (Lipinski definition) is 12. The van der Waals surface area contributed by atoms with Gasteiger partial charge in [-0.2, -0.15) is 0 Å². The zero-order valence-electron chi connectivity index (χ0n) is 29.2. The van der Waals surface area contributed by atoms with Crippen molar-refractivity contribution in [2.75, 3.05) is 20.1 Å². The number of aliphatic hydroxyl groups is 2. The second-order valence-electron chi connectivity index (χ2n) is 13.6. The van der Waals surface area contributed by atoms with Gasteiger partial charge in [0.25, 0.3) is 0 Å². The average molecular weight is 775 g/mol. The van der Waals surface area contributed by atoms with E-state index in [2.05, 4.69) is 22.2 Å². The van der Waals surface area contributed by atoms with Gasteiger partial charge in [-0.1, -0.05) is 35.6 Å². The first kappa shape index (κ1) is 37.2. The molecule has 0 amide bonds. The molecule has 0 saturated heterocycles. The van der Waals surface area contributed by atoms with E-state index >= 15 is 0 Å². The van der Waals surface area contributed by atoms with Crippen LogP contribution >= 0.6 is 34.0 Å². The van der Waals surface area contributed by atoms with Gasteiger partial charge in [-0.15, -0.1) is 22.7 Å². The van der Waals surface area contributed by atoms with Crippen molar-refractivity contribution >= 4 is 61.1 Å². The number of aromatic nitrogens is 2. The maximum absolute atomic E-state index is 13.4. The summed E-state index contributed by atoms with van der Waals surface area (Å²) >= 11 is 3.91. The predicted octanol–water partition coefficient (Wildman–Crippen LogP) is 5.67. The van der Waals surface area contributed by atoms with Crippen LogP contribution in [0, 0.1) is 0 Å². The highest BCUT2D eigenvalue weighted by molar-refractivity contribution is 7.16. The number of nitrogens with one attached hydrogen (secondary N) is 2. The molecule has 14 heteroatoms. The van der Waals surface area contributed by atoms with E-state index in [9.17, 15) is 29.7 Å². The van der Waals surface area contributed by atoms with Gasteiger partial charge in [-0.3, -0.25) is 14.2 Å². The number of phenols is 1. The standard InChI is InChI=1S/C39H42N4O7S3/c1-42(25-8-10-26(11-9-25)50-37(47)39(49,33-5-2-19-51-33)34-6-3-20-52-34)17-4-18-43-29-14-7-24(21-32(29)53-38(43)48)22-40-23-31(45)27-12-15-30(44)36-28(27)13-16-35(46)41-36/h2-3,5-7,12-16,19-21,25-26,31,40,44-45,49H,4,8-11,17-18,22-23H2,1H3,(H,41,46)/t25?,26?,31-/m1/s1. The number of carbonyl (C=O) groups excluding carboxylic acids is 1. The summed E-state index contributed by atoms with van der Waals surface area (Å²) < 4.78 is 8.69. The second kappa shape index (κ2) is 16.1. The molecule has 11 nitrogen and oxygen atoms in total. The van der Waals surface area contributed by atoms with Gasteiger partial charge in [-0.05, 0) is 104 Å². The van der Waals surface area contributed by atoms with Crippen molar-refractivity contribution in [3.63, 3.8) is 0 Å². The quantitative estimate of drug-likeness (QED) is 0.0881. The topological polar surface area (TPSA) is 157 Å². The molecular weight excluding hydrogens is 733 g/mol. The zero-order valence-corrected chi connectivity index (χ0v) is 31.6. The van der Waals surface area contributed by atoms with Crippen molar-refractivity contribution in [2.24, 2.45) is 0 Å². The number of pyridine rings is 1. The Hall–Kier alpha value is -4.15. The molecular formula is C39H42N4O7S3. The molecule has 0 radical (unpaired) electrons. The van der Waals surface area contributed by atoms with Crippen LogP contribution in [0.1, 0.15) is 59.1 Å². The van der Waals surface area contributed by atoms with E-state index in [0.29, 0.717) is 45.4 Å². The molecule has 53 heavy (non-hydrogen) atoms. The van der Waals surface area contributed by atoms with Crippen LogP contribution in [0.15, 0.2) is 87.1 Å². The molecule has 1 atom stereocenters. The lowest BCUT2D eigenvalue weighted by atomic mass is 9.91. The first-order valence-corrected chi connectivity index (χ1v) is 20.3. The summed E-state index contributed by atoms with van der Waals surface area (Å²) in [6.07, 6.45) is 2.92. The Bertz CT molecular complexity index is 2260. The molecule has 6 aromatic rings. The summed E-state index contributed by atoms with van der Waals surface area (Å²) in [4.78, 5) is 44.2. The smallest absolute Gasteiger partial charge is 0.349 e. The second-order valence-corrected chi connectivity index (χ2v) is 16.5. The number of H-pyrrole nitrogens is 1. The number of esters is 1. The number of thiazole rings is 1. The Kier molecular flexibility index (Phi) is 11.3. The third kappa shape index (κ3) is 7.90. The summed E-state index contributed by atoms with van der Waals surface area (Å²) in [5, 5.41) is 40.2.